The molecule has 0 aliphatic rings. The van der Waals surface area contributed by atoms with E-state index in [4.69, 9.17) is 5.73 Å². The summed E-state index contributed by atoms with van der Waals surface area (Å²) in [4.78, 5) is 2.41. The second-order valence-corrected chi connectivity index (χ2v) is 5.57. The van der Waals surface area contributed by atoms with E-state index < -0.39 is 0 Å². The van der Waals surface area contributed by atoms with E-state index in [1.165, 1.54) is 12.1 Å². The van der Waals surface area contributed by atoms with Gasteiger partial charge in [-0.25, -0.2) is 0 Å². The van der Waals surface area contributed by atoms with Gasteiger partial charge in [0.05, 0.1) is 5.69 Å². The van der Waals surface area contributed by atoms with Gasteiger partial charge in [-0.1, -0.05) is 20.3 Å². The second kappa shape index (κ2) is 6.29. The summed E-state index contributed by atoms with van der Waals surface area (Å²) in [6.07, 6.45) is 1.21. The summed E-state index contributed by atoms with van der Waals surface area (Å²) in [6.45, 7) is 10.9. The second-order valence-electron chi connectivity index (χ2n) is 4.71. The molecule has 0 saturated carbocycles. The summed E-state index contributed by atoms with van der Waals surface area (Å²) >= 11 is 3.61. The maximum Gasteiger partial charge on any atom is 0.0514 e. The van der Waals surface area contributed by atoms with Crippen molar-refractivity contribution >= 4 is 27.3 Å². The topological polar surface area (TPSA) is 29.3 Å². The van der Waals surface area contributed by atoms with Gasteiger partial charge < -0.3 is 10.6 Å². The number of nitrogens with zero attached hydrogens (tertiary/aromatic N) is 1. The number of aryl methyl sites for hydroxylation is 1. The summed E-state index contributed by atoms with van der Waals surface area (Å²) in [5.41, 5.74) is 9.15. The fourth-order valence-corrected chi connectivity index (χ4v) is 2.44. The normalized spacial score (nSPS) is 12.5. The molecule has 3 heteroatoms. The average Bonchev–Trinajstić information content (AvgIpc) is 2.30. The van der Waals surface area contributed by atoms with Crippen LogP contribution < -0.4 is 10.6 Å². The van der Waals surface area contributed by atoms with Gasteiger partial charge >= 0.3 is 0 Å². The lowest BCUT2D eigenvalue weighted by Crippen LogP contribution is -2.28. The molecule has 0 saturated heterocycles. The Balaban J connectivity index is 2.99. The molecule has 0 fully saturated rings. The minimum absolute atomic E-state index is 0.708. The molecule has 0 radical (unpaired) electrons. The van der Waals surface area contributed by atoms with Crippen LogP contribution in [0.15, 0.2) is 16.6 Å². The number of nitrogen functional groups attached to an aromatic ring is 1. The van der Waals surface area contributed by atoms with Crippen LogP contribution in [0.3, 0.4) is 0 Å². The minimum Gasteiger partial charge on any atom is -0.398 e. The highest BCUT2D eigenvalue weighted by molar-refractivity contribution is 9.10. The molecule has 2 N–H and O–H groups in total. The van der Waals surface area contributed by atoms with Crippen LogP contribution >= 0.6 is 15.9 Å². The zero-order valence-electron chi connectivity index (χ0n) is 11.3. The van der Waals surface area contributed by atoms with Crippen LogP contribution in [0.5, 0.6) is 0 Å². The van der Waals surface area contributed by atoms with Gasteiger partial charge in [0.25, 0.3) is 0 Å². The minimum atomic E-state index is 0.708. The van der Waals surface area contributed by atoms with E-state index in [1.54, 1.807) is 0 Å². The zero-order chi connectivity index (χ0) is 13.0. The monoisotopic (exact) mass is 298 g/mol. The predicted octanol–water partition coefficient (Wildman–Crippen LogP) is 4.21. The van der Waals surface area contributed by atoms with Gasteiger partial charge in [0.15, 0.2) is 0 Å². The molecule has 2 nitrogen and oxygen atoms in total. The Hall–Kier alpha value is -0.700. The summed E-state index contributed by atoms with van der Waals surface area (Å²) < 4.78 is 1.09. The van der Waals surface area contributed by atoms with Crippen molar-refractivity contribution in [3.05, 3.63) is 22.2 Å². The standard InChI is InChI=1S/C14H23BrN2/c1-5-10(3)9-17(6-2)14-7-11(4)13(16)8-12(14)15/h7-8,10H,5-6,9,16H2,1-4H3. The molecule has 1 aromatic carbocycles. The third-order valence-electron chi connectivity index (χ3n) is 3.29. The largest absolute Gasteiger partial charge is 0.398 e. The zero-order valence-corrected chi connectivity index (χ0v) is 12.8. The smallest absolute Gasteiger partial charge is 0.0514 e. The van der Waals surface area contributed by atoms with Crippen LogP contribution in [-0.2, 0) is 0 Å². The third-order valence-corrected chi connectivity index (χ3v) is 3.92. The Labute approximate surface area is 113 Å². The van der Waals surface area contributed by atoms with Gasteiger partial charge in [-0.15, -0.1) is 0 Å². The quantitative estimate of drug-likeness (QED) is 0.825. The van der Waals surface area contributed by atoms with Crippen molar-refractivity contribution in [2.24, 2.45) is 5.92 Å². The van der Waals surface area contributed by atoms with Gasteiger partial charge in [-0.2, -0.15) is 0 Å². The highest BCUT2D eigenvalue weighted by Gasteiger charge is 2.12. The number of nitrogens with two attached hydrogens (primary N) is 1. The first kappa shape index (κ1) is 14.4. The Bertz CT molecular complexity index is 377. The molecule has 0 bridgehead atoms. The van der Waals surface area contributed by atoms with Gasteiger partial charge in [-0.3, -0.25) is 0 Å². The molecule has 1 rings (SSSR count). The van der Waals surface area contributed by atoms with Crippen LogP contribution in [0.4, 0.5) is 11.4 Å². The molecule has 0 heterocycles. The Kier molecular flexibility index (Phi) is 5.31. The molecule has 1 unspecified atom stereocenters. The lowest BCUT2D eigenvalue weighted by molar-refractivity contribution is 0.547. The predicted molar refractivity (Wildman–Crippen MR) is 80.6 cm³/mol. The maximum atomic E-state index is 5.91. The van der Waals surface area contributed by atoms with E-state index in [0.29, 0.717) is 5.92 Å². The molecule has 0 aliphatic heterocycles. The van der Waals surface area contributed by atoms with Crippen molar-refractivity contribution in [1.82, 2.24) is 0 Å². The number of rotatable bonds is 5. The number of hydrogen-bond acceptors (Lipinski definition) is 2. The Morgan fingerprint density at radius 2 is 2.00 bits per heavy atom. The van der Waals surface area contributed by atoms with Crippen molar-refractivity contribution in [1.29, 1.82) is 0 Å². The van der Waals surface area contributed by atoms with Crippen molar-refractivity contribution < 1.29 is 0 Å². The first-order valence-electron chi connectivity index (χ1n) is 6.30. The molecule has 96 valence electrons. The molecule has 0 spiro atoms. The van der Waals surface area contributed by atoms with Crippen molar-refractivity contribution in [2.45, 2.75) is 34.1 Å². The molecule has 0 aromatic heterocycles. The first-order valence-corrected chi connectivity index (χ1v) is 7.09. The maximum absolute atomic E-state index is 5.91. The highest BCUT2D eigenvalue weighted by atomic mass is 79.9. The van der Waals surface area contributed by atoms with E-state index in [9.17, 15) is 0 Å². The van der Waals surface area contributed by atoms with Crippen LogP contribution in [0, 0.1) is 12.8 Å². The number of hydrogen-bond donors (Lipinski definition) is 1. The number of halogens is 1. The number of benzene rings is 1. The summed E-state index contributed by atoms with van der Waals surface area (Å²) in [5, 5.41) is 0. The van der Waals surface area contributed by atoms with Crippen LogP contribution in [0.1, 0.15) is 32.8 Å². The van der Waals surface area contributed by atoms with Gasteiger partial charge in [-0.05, 0) is 53.4 Å². The van der Waals surface area contributed by atoms with E-state index in [-0.39, 0.29) is 0 Å². The Morgan fingerprint density at radius 3 is 2.53 bits per heavy atom. The first-order chi connectivity index (χ1) is 7.99. The SMILES string of the molecule is CCC(C)CN(CC)c1cc(C)c(N)cc1Br. The fourth-order valence-electron chi connectivity index (χ4n) is 1.83. The Morgan fingerprint density at radius 1 is 1.35 bits per heavy atom. The molecule has 1 atom stereocenters. The lowest BCUT2D eigenvalue weighted by Gasteiger charge is -2.28. The van der Waals surface area contributed by atoms with E-state index in [2.05, 4.69) is 54.6 Å². The van der Waals surface area contributed by atoms with E-state index in [0.717, 1.165) is 28.8 Å². The van der Waals surface area contributed by atoms with Crippen molar-refractivity contribution in [3.8, 4) is 0 Å². The molecule has 17 heavy (non-hydrogen) atoms. The molecular formula is C14H23BrN2. The van der Waals surface area contributed by atoms with Gasteiger partial charge in [0.2, 0.25) is 0 Å². The fraction of sp³-hybridized carbons (Fsp3) is 0.571. The molecule has 0 amide bonds. The summed E-state index contributed by atoms with van der Waals surface area (Å²) in [7, 11) is 0. The van der Waals surface area contributed by atoms with Crippen LogP contribution in [0.2, 0.25) is 0 Å². The summed E-state index contributed by atoms with van der Waals surface area (Å²) in [6, 6.07) is 4.18. The van der Waals surface area contributed by atoms with Crippen LogP contribution in [-0.4, -0.2) is 13.1 Å². The lowest BCUT2D eigenvalue weighted by atomic mass is 10.1. The van der Waals surface area contributed by atoms with Crippen molar-refractivity contribution in [2.75, 3.05) is 23.7 Å². The summed E-state index contributed by atoms with van der Waals surface area (Å²) in [5.74, 6) is 0.708. The molecule has 0 aliphatic carbocycles. The molecular weight excluding hydrogens is 276 g/mol. The van der Waals surface area contributed by atoms with Gasteiger partial charge in [0.1, 0.15) is 0 Å². The highest BCUT2D eigenvalue weighted by Crippen LogP contribution is 2.31. The number of anilines is 2. The average molecular weight is 299 g/mol. The molecule has 1 aromatic rings. The van der Waals surface area contributed by atoms with E-state index in [1.807, 2.05) is 6.07 Å². The third kappa shape index (κ3) is 3.63. The van der Waals surface area contributed by atoms with Gasteiger partial charge in [0, 0.05) is 23.2 Å². The van der Waals surface area contributed by atoms with E-state index >= 15 is 0 Å². The van der Waals surface area contributed by atoms with Crippen LogP contribution in [0.25, 0.3) is 0 Å². The van der Waals surface area contributed by atoms with Crippen molar-refractivity contribution in [3.63, 3.8) is 0 Å².